The molecule has 0 aromatic carbocycles. The molecule has 2 rings (SSSR count). The molecule has 106 valence electrons. The molecule has 1 aromatic heterocycles. The second kappa shape index (κ2) is 6.42. The Balaban J connectivity index is 2.13. The smallest absolute Gasteiger partial charge is 0.228 e. The highest BCUT2D eigenvalue weighted by molar-refractivity contribution is 6.20. The lowest BCUT2D eigenvalue weighted by molar-refractivity contribution is 0.304. The monoisotopic (exact) mass is 283 g/mol. The lowest BCUT2D eigenvalue weighted by Crippen LogP contribution is -2.40. The maximum absolute atomic E-state index is 6.26. The van der Waals surface area contributed by atoms with Crippen LogP contribution in [0, 0.1) is 12.8 Å². The number of halogens is 1. The van der Waals surface area contributed by atoms with Gasteiger partial charge in [-0.25, -0.2) is 4.98 Å². The van der Waals surface area contributed by atoms with Gasteiger partial charge in [-0.15, -0.1) is 11.6 Å². The van der Waals surface area contributed by atoms with Crippen molar-refractivity contribution in [2.45, 2.75) is 39.0 Å². The fraction of sp³-hybridized carbons (Fsp3) is 0.714. The number of rotatable bonds is 4. The average Bonchev–Trinajstić information content (AvgIpc) is 2.39. The Morgan fingerprint density at radius 1 is 1.47 bits per heavy atom. The van der Waals surface area contributed by atoms with Crippen LogP contribution in [0.2, 0.25) is 0 Å². The van der Waals surface area contributed by atoms with Gasteiger partial charge in [0.15, 0.2) is 0 Å². The van der Waals surface area contributed by atoms with Gasteiger partial charge in [-0.3, -0.25) is 0 Å². The second-order valence-corrected chi connectivity index (χ2v) is 5.78. The summed E-state index contributed by atoms with van der Waals surface area (Å²) in [6.07, 6.45) is 1.96. The summed E-state index contributed by atoms with van der Waals surface area (Å²) in [7, 11) is 0. The Kier molecular flexibility index (Phi) is 4.86. The van der Waals surface area contributed by atoms with E-state index in [2.05, 4.69) is 28.7 Å². The molecule has 1 aromatic rings. The first-order chi connectivity index (χ1) is 9.10. The van der Waals surface area contributed by atoms with Gasteiger partial charge < -0.3 is 9.64 Å². The van der Waals surface area contributed by atoms with E-state index in [1.54, 1.807) is 0 Å². The van der Waals surface area contributed by atoms with E-state index in [1.807, 2.05) is 13.0 Å². The Morgan fingerprint density at radius 2 is 2.26 bits per heavy atom. The summed E-state index contributed by atoms with van der Waals surface area (Å²) in [6, 6.07) is 1.89. The predicted octanol–water partition coefficient (Wildman–Crippen LogP) is 3.03. The number of aryl methyl sites for hydroxylation is 1. The third-order valence-corrected chi connectivity index (χ3v) is 4.00. The van der Waals surface area contributed by atoms with E-state index in [-0.39, 0.29) is 5.38 Å². The van der Waals surface area contributed by atoms with Gasteiger partial charge in [0, 0.05) is 30.2 Å². The molecular formula is C14H22ClN3O. The lowest BCUT2D eigenvalue weighted by atomic mass is 10.00. The van der Waals surface area contributed by atoms with Gasteiger partial charge in [0.25, 0.3) is 0 Å². The first-order valence-electron chi connectivity index (χ1n) is 6.97. The second-order valence-electron chi connectivity index (χ2n) is 5.22. The van der Waals surface area contributed by atoms with E-state index >= 15 is 0 Å². The van der Waals surface area contributed by atoms with Gasteiger partial charge in [-0.1, -0.05) is 13.8 Å². The Morgan fingerprint density at radius 3 is 2.95 bits per heavy atom. The van der Waals surface area contributed by atoms with Crippen molar-refractivity contribution >= 4 is 17.5 Å². The molecule has 1 aliphatic heterocycles. The standard InChI is InChI=1S/C14H22ClN3O/c1-4-7-19-13-8-11(3)16-14(17-13)18-6-5-12(15)10(2)9-18/h8,10,12H,4-7,9H2,1-3H3. The number of aromatic nitrogens is 2. The molecule has 0 bridgehead atoms. The minimum Gasteiger partial charge on any atom is -0.478 e. The quantitative estimate of drug-likeness (QED) is 0.796. The van der Waals surface area contributed by atoms with Crippen LogP contribution in [0.3, 0.4) is 0 Å². The van der Waals surface area contributed by atoms with E-state index in [4.69, 9.17) is 16.3 Å². The van der Waals surface area contributed by atoms with Gasteiger partial charge in [0.2, 0.25) is 11.8 Å². The summed E-state index contributed by atoms with van der Waals surface area (Å²) in [5.74, 6) is 1.89. The van der Waals surface area contributed by atoms with E-state index in [1.165, 1.54) is 0 Å². The fourth-order valence-corrected chi connectivity index (χ4v) is 2.42. The van der Waals surface area contributed by atoms with Crippen molar-refractivity contribution in [3.8, 4) is 5.88 Å². The molecule has 1 saturated heterocycles. The van der Waals surface area contributed by atoms with Crippen LogP contribution >= 0.6 is 11.6 Å². The van der Waals surface area contributed by atoms with Crippen molar-refractivity contribution in [1.82, 2.24) is 9.97 Å². The largest absolute Gasteiger partial charge is 0.478 e. The molecule has 5 heteroatoms. The van der Waals surface area contributed by atoms with Crippen molar-refractivity contribution < 1.29 is 4.74 Å². The van der Waals surface area contributed by atoms with Crippen LogP contribution in [0.25, 0.3) is 0 Å². The highest BCUT2D eigenvalue weighted by atomic mass is 35.5. The van der Waals surface area contributed by atoms with E-state index in [0.717, 1.165) is 37.6 Å². The Bertz CT molecular complexity index is 427. The van der Waals surface area contributed by atoms with Crippen molar-refractivity contribution in [1.29, 1.82) is 0 Å². The number of hydrogen-bond donors (Lipinski definition) is 0. The molecule has 19 heavy (non-hydrogen) atoms. The number of nitrogens with zero attached hydrogens (tertiary/aromatic N) is 3. The topological polar surface area (TPSA) is 38.2 Å². The van der Waals surface area contributed by atoms with Crippen LogP contribution in [0.4, 0.5) is 5.95 Å². The van der Waals surface area contributed by atoms with E-state index in [9.17, 15) is 0 Å². The highest BCUT2D eigenvalue weighted by Crippen LogP contribution is 2.25. The van der Waals surface area contributed by atoms with Crippen LogP contribution < -0.4 is 9.64 Å². The predicted molar refractivity (Wildman–Crippen MR) is 78.2 cm³/mol. The normalized spacial score (nSPS) is 23.5. The van der Waals surface area contributed by atoms with E-state index < -0.39 is 0 Å². The molecule has 0 radical (unpaired) electrons. The third kappa shape index (κ3) is 3.72. The molecule has 0 N–H and O–H groups in total. The molecule has 1 fully saturated rings. The molecule has 0 aliphatic carbocycles. The van der Waals surface area contributed by atoms with Crippen molar-refractivity contribution in [2.24, 2.45) is 5.92 Å². The summed E-state index contributed by atoms with van der Waals surface area (Å²) >= 11 is 6.26. The van der Waals surface area contributed by atoms with Crippen LogP contribution in [0.15, 0.2) is 6.07 Å². The molecular weight excluding hydrogens is 262 g/mol. The number of ether oxygens (including phenoxy) is 1. The minimum absolute atomic E-state index is 0.261. The Labute approximate surface area is 120 Å². The number of hydrogen-bond acceptors (Lipinski definition) is 4. The summed E-state index contributed by atoms with van der Waals surface area (Å²) in [5, 5.41) is 0.261. The van der Waals surface area contributed by atoms with Crippen LogP contribution in [0.5, 0.6) is 5.88 Å². The van der Waals surface area contributed by atoms with Gasteiger partial charge in [-0.05, 0) is 25.7 Å². The maximum atomic E-state index is 6.26. The molecule has 2 heterocycles. The summed E-state index contributed by atoms with van der Waals surface area (Å²) < 4.78 is 5.61. The van der Waals surface area contributed by atoms with Gasteiger partial charge >= 0.3 is 0 Å². The van der Waals surface area contributed by atoms with Crippen LogP contribution in [-0.4, -0.2) is 35.0 Å². The summed E-state index contributed by atoms with van der Waals surface area (Å²) in [4.78, 5) is 11.2. The van der Waals surface area contributed by atoms with Gasteiger partial charge in [0.05, 0.1) is 6.61 Å². The zero-order chi connectivity index (χ0) is 13.8. The van der Waals surface area contributed by atoms with Crippen molar-refractivity contribution in [3.05, 3.63) is 11.8 Å². The molecule has 2 atom stereocenters. The number of anilines is 1. The van der Waals surface area contributed by atoms with E-state index in [0.29, 0.717) is 18.4 Å². The van der Waals surface area contributed by atoms with Crippen molar-refractivity contribution in [2.75, 3.05) is 24.6 Å². The Hall–Kier alpha value is -1.03. The number of alkyl halides is 1. The average molecular weight is 284 g/mol. The zero-order valence-electron chi connectivity index (χ0n) is 11.9. The molecule has 1 aliphatic rings. The lowest BCUT2D eigenvalue weighted by Gasteiger charge is -2.34. The van der Waals surface area contributed by atoms with Gasteiger partial charge in [0.1, 0.15) is 0 Å². The first kappa shape index (κ1) is 14.4. The molecule has 2 unspecified atom stereocenters. The first-order valence-corrected chi connectivity index (χ1v) is 7.41. The summed E-state index contributed by atoms with van der Waals surface area (Å²) in [5.41, 5.74) is 0.941. The van der Waals surface area contributed by atoms with Gasteiger partial charge in [-0.2, -0.15) is 4.98 Å². The SMILES string of the molecule is CCCOc1cc(C)nc(N2CCC(Cl)C(C)C2)n1. The zero-order valence-corrected chi connectivity index (χ0v) is 12.7. The maximum Gasteiger partial charge on any atom is 0.228 e. The fourth-order valence-electron chi connectivity index (χ4n) is 2.25. The minimum atomic E-state index is 0.261. The van der Waals surface area contributed by atoms with Crippen LogP contribution in [-0.2, 0) is 0 Å². The van der Waals surface area contributed by atoms with Crippen LogP contribution in [0.1, 0.15) is 32.4 Å². The highest BCUT2D eigenvalue weighted by Gasteiger charge is 2.26. The third-order valence-electron chi connectivity index (χ3n) is 3.36. The summed E-state index contributed by atoms with van der Waals surface area (Å²) in [6.45, 7) is 8.74. The number of piperidine rings is 1. The molecule has 4 nitrogen and oxygen atoms in total. The molecule has 0 amide bonds. The van der Waals surface area contributed by atoms with Crippen molar-refractivity contribution in [3.63, 3.8) is 0 Å². The molecule has 0 spiro atoms. The molecule has 0 saturated carbocycles.